The van der Waals surface area contributed by atoms with Crippen molar-refractivity contribution in [2.75, 3.05) is 6.54 Å². The van der Waals surface area contributed by atoms with Gasteiger partial charge in [-0.2, -0.15) is 0 Å². The van der Waals surface area contributed by atoms with Crippen LogP contribution < -0.4 is 10.6 Å². The van der Waals surface area contributed by atoms with Crippen LogP contribution >= 0.6 is 0 Å². The summed E-state index contributed by atoms with van der Waals surface area (Å²) in [7, 11) is 0. The molecule has 0 aliphatic carbocycles. The lowest BCUT2D eigenvalue weighted by atomic mass is 10.1. The van der Waals surface area contributed by atoms with Crippen molar-refractivity contribution < 1.29 is 9.18 Å². The highest BCUT2D eigenvalue weighted by atomic mass is 19.1. The zero-order valence-electron chi connectivity index (χ0n) is 12.0. The first-order valence-corrected chi connectivity index (χ1v) is 6.94. The minimum atomic E-state index is -0.258. The van der Waals surface area contributed by atoms with Crippen molar-refractivity contribution >= 4 is 5.91 Å². The predicted molar refractivity (Wildman–Crippen MR) is 81.1 cm³/mol. The molecule has 1 amide bonds. The second-order valence-corrected chi connectivity index (χ2v) is 4.92. The van der Waals surface area contributed by atoms with Crippen molar-refractivity contribution in [2.24, 2.45) is 0 Å². The number of halogens is 1. The number of hydrogen-bond donors (Lipinski definition) is 2. The third-order valence-corrected chi connectivity index (χ3v) is 3.27. The Morgan fingerprint density at radius 1 is 1.10 bits per heavy atom. The van der Waals surface area contributed by atoms with Gasteiger partial charge in [0.15, 0.2) is 0 Å². The van der Waals surface area contributed by atoms with E-state index in [2.05, 4.69) is 10.6 Å². The van der Waals surface area contributed by atoms with Gasteiger partial charge in [-0.05, 0) is 30.2 Å². The average molecular weight is 286 g/mol. The van der Waals surface area contributed by atoms with Crippen LogP contribution in [0.3, 0.4) is 0 Å². The summed E-state index contributed by atoms with van der Waals surface area (Å²) in [4.78, 5) is 11.8. The predicted octanol–water partition coefficient (Wildman–Crippen LogP) is 2.79. The second kappa shape index (κ2) is 7.55. The molecule has 21 heavy (non-hydrogen) atoms. The SMILES string of the molecule is C[C@@H](NCC(=O)NCc1ccccc1)c1ccc(F)cc1. The smallest absolute Gasteiger partial charge is 0.234 e. The quantitative estimate of drug-likeness (QED) is 0.857. The Labute approximate surface area is 124 Å². The van der Waals surface area contributed by atoms with Gasteiger partial charge in [-0.25, -0.2) is 4.39 Å². The summed E-state index contributed by atoms with van der Waals surface area (Å²) in [5.41, 5.74) is 2.02. The average Bonchev–Trinajstić information content (AvgIpc) is 2.52. The fraction of sp³-hybridized carbons (Fsp3) is 0.235. The minimum Gasteiger partial charge on any atom is -0.351 e. The first-order chi connectivity index (χ1) is 10.1. The van der Waals surface area contributed by atoms with Gasteiger partial charge in [-0.1, -0.05) is 42.5 Å². The molecule has 3 nitrogen and oxygen atoms in total. The lowest BCUT2D eigenvalue weighted by Crippen LogP contribution is -2.34. The molecule has 0 unspecified atom stereocenters. The van der Waals surface area contributed by atoms with Crippen molar-refractivity contribution in [3.8, 4) is 0 Å². The Morgan fingerprint density at radius 2 is 1.76 bits per heavy atom. The second-order valence-electron chi connectivity index (χ2n) is 4.92. The van der Waals surface area contributed by atoms with E-state index in [9.17, 15) is 9.18 Å². The van der Waals surface area contributed by atoms with Crippen molar-refractivity contribution in [1.82, 2.24) is 10.6 Å². The fourth-order valence-corrected chi connectivity index (χ4v) is 1.97. The fourth-order valence-electron chi connectivity index (χ4n) is 1.97. The number of nitrogens with one attached hydrogen (secondary N) is 2. The Kier molecular flexibility index (Phi) is 5.46. The highest BCUT2D eigenvalue weighted by molar-refractivity contribution is 5.78. The molecule has 0 bridgehead atoms. The molecule has 2 N–H and O–H groups in total. The van der Waals surface area contributed by atoms with E-state index in [0.29, 0.717) is 6.54 Å². The van der Waals surface area contributed by atoms with E-state index in [1.807, 2.05) is 37.3 Å². The number of hydrogen-bond acceptors (Lipinski definition) is 2. The number of amides is 1. The maximum Gasteiger partial charge on any atom is 0.234 e. The van der Waals surface area contributed by atoms with Gasteiger partial charge in [0.25, 0.3) is 0 Å². The molecule has 2 aromatic rings. The molecule has 2 rings (SSSR count). The zero-order valence-corrected chi connectivity index (χ0v) is 12.0. The topological polar surface area (TPSA) is 41.1 Å². The summed E-state index contributed by atoms with van der Waals surface area (Å²) in [5.74, 6) is -0.320. The lowest BCUT2D eigenvalue weighted by Gasteiger charge is -2.14. The molecular formula is C17H19FN2O. The molecule has 0 aliphatic rings. The van der Waals surface area contributed by atoms with E-state index >= 15 is 0 Å². The van der Waals surface area contributed by atoms with E-state index in [0.717, 1.165) is 11.1 Å². The van der Waals surface area contributed by atoms with Crippen LogP contribution in [0.15, 0.2) is 54.6 Å². The van der Waals surface area contributed by atoms with E-state index in [1.165, 1.54) is 12.1 Å². The summed E-state index contributed by atoms with van der Waals surface area (Å²) in [6, 6.07) is 16.0. The number of carbonyl (C=O) groups excluding carboxylic acids is 1. The third kappa shape index (κ3) is 5.00. The number of rotatable bonds is 6. The Bertz CT molecular complexity index is 569. The molecule has 4 heteroatoms. The van der Waals surface area contributed by atoms with Gasteiger partial charge in [0.2, 0.25) is 5.91 Å². The van der Waals surface area contributed by atoms with Crippen LogP contribution in [-0.4, -0.2) is 12.5 Å². The molecule has 0 saturated carbocycles. The van der Waals surface area contributed by atoms with Crippen molar-refractivity contribution in [3.63, 3.8) is 0 Å². The summed E-state index contributed by atoms with van der Waals surface area (Å²) >= 11 is 0. The van der Waals surface area contributed by atoms with E-state index in [-0.39, 0.29) is 24.3 Å². The molecule has 0 radical (unpaired) electrons. The normalized spacial score (nSPS) is 11.9. The molecule has 0 heterocycles. The highest BCUT2D eigenvalue weighted by Crippen LogP contribution is 2.12. The molecule has 0 spiro atoms. The largest absolute Gasteiger partial charge is 0.351 e. The van der Waals surface area contributed by atoms with E-state index in [4.69, 9.17) is 0 Å². The van der Waals surface area contributed by atoms with Gasteiger partial charge >= 0.3 is 0 Å². The monoisotopic (exact) mass is 286 g/mol. The first kappa shape index (κ1) is 15.2. The lowest BCUT2D eigenvalue weighted by molar-refractivity contribution is -0.120. The molecule has 0 aromatic heterocycles. The van der Waals surface area contributed by atoms with Crippen LogP contribution in [-0.2, 0) is 11.3 Å². The summed E-state index contributed by atoms with van der Waals surface area (Å²) in [6.45, 7) is 2.69. The van der Waals surface area contributed by atoms with Gasteiger partial charge in [0.1, 0.15) is 5.82 Å². The summed E-state index contributed by atoms with van der Waals surface area (Å²) in [5, 5.41) is 5.97. The van der Waals surface area contributed by atoms with E-state index < -0.39 is 0 Å². The van der Waals surface area contributed by atoms with Crippen LogP contribution in [0.5, 0.6) is 0 Å². The number of carbonyl (C=O) groups is 1. The van der Waals surface area contributed by atoms with Gasteiger partial charge in [-0.3, -0.25) is 4.79 Å². The van der Waals surface area contributed by atoms with Crippen LogP contribution in [0.4, 0.5) is 4.39 Å². The molecule has 0 aliphatic heterocycles. The maximum absolute atomic E-state index is 12.8. The van der Waals surface area contributed by atoms with Crippen LogP contribution in [0.25, 0.3) is 0 Å². The van der Waals surface area contributed by atoms with Gasteiger partial charge in [-0.15, -0.1) is 0 Å². The molecule has 110 valence electrons. The van der Waals surface area contributed by atoms with Crippen LogP contribution in [0.2, 0.25) is 0 Å². The Balaban J connectivity index is 1.74. The molecule has 0 fully saturated rings. The summed E-state index contributed by atoms with van der Waals surface area (Å²) in [6.07, 6.45) is 0. The van der Waals surface area contributed by atoms with Crippen molar-refractivity contribution in [3.05, 3.63) is 71.5 Å². The first-order valence-electron chi connectivity index (χ1n) is 6.94. The minimum absolute atomic E-state index is 0.00641. The Hall–Kier alpha value is -2.20. The van der Waals surface area contributed by atoms with Gasteiger partial charge in [0, 0.05) is 12.6 Å². The molecule has 1 atom stereocenters. The maximum atomic E-state index is 12.8. The standard InChI is InChI=1S/C17H19FN2O/c1-13(15-7-9-16(18)10-8-15)19-12-17(21)20-11-14-5-3-2-4-6-14/h2-10,13,19H,11-12H2,1H3,(H,20,21)/t13-/m1/s1. The third-order valence-electron chi connectivity index (χ3n) is 3.27. The van der Waals surface area contributed by atoms with E-state index in [1.54, 1.807) is 12.1 Å². The highest BCUT2D eigenvalue weighted by Gasteiger charge is 2.07. The zero-order chi connectivity index (χ0) is 15.1. The van der Waals surface area contributed by atoms with Crippen molar-refractivity contribution in [1.29, 1.82) is 0 Å². The Morgan fingerprint density at radius 3 is 2.43 bits per heavy atom. The van der Waals surface area contributed by atoms with Crippen LogP contribution in [0, 0.1) is 5.82 Å². The van der Waals surface area contributed by atoms with Gasteiger partial charge in [0.05, 0.1) is 6.54 Å². The molecule has 2 aromatic carbocycles. The number of benzene rings is 2. The van der Waals surface area contributed by atoms with Gasteiger partial charge < -0.3 is 10.6 Å². The summed E-state index contributed by atoms with van der Waals surface area (Å²) < 4.78 is 12.8. The molecular weight excluding hydrogens is 267 g/mol. The van der Waals surface area contributed by atoms with Crippen LogP contribution in [0.1, 0.15) is 24.1 Å². The van der Waals surface area contributed by atoms with Crippen molar-refractivity contribution in [2.45, 2.75) is 19.5 Å². The molecule has 0 saturated heterocycles.